The first-order valence-electron chi connectivity index (χ1n) is 11.1. The summed E-state index contributed by atoms with van der Waals surface area (Å²) in [5, 5.41) is 10.1. The lowest BCUT2D eigenvalue weighted by Crippen LogP contribution is -2.58. The van der Waals surface area contributed by atoms with Gasteiger partial charge in [0.15, 0.2) is 0 Å². The van der Waals surface area contributed by atoms with Crippen LogP contribution in [-0.4, -0.2) is 32.0 Å². The zero-order chi connectivity index (χ0) is 24.4. The van der Waals surface area contributed by atoms with Gasteiger partial charge in [-0.25, -0.2) is 4.39 Å². The van der Waals surface area contributed by atoms with Gasteiger partial charge in [-0.2, -0.15) is 0 Å². The van der Waals surface area contributed by atoms with Gasteiger partial charge >= 0.3 is 0 Å². The fourth-order valence-corrected chi connectivity index (χ4v) is 5.47. The molecule has 1 amide bonds. The molecule has 0 spiro atoms. The van der Waals surface area contributed by atoms with Crippen LogP contribution in [0.15, 0.2) is 96.2 Å². The van der Waals surface area contributed by atoms with Crippen molar-refractivity contribution in [3.05, 3.63) is 119 Å². The summed E-state index contributed by atoms with van der Waals surface area (Å²) in [5.41, 5.74) is 3.89. The Morgan fingerprint density at radius 1 is 1.00 bits per heavy atom. The van der Waals surface area contributed by atoms with Crippen molar-refractivity contribution >= 4 is 23.4 Å². The molecule has 5 rings (SSSR count). The Bertz CT molecular complexity index is 1360. The van der Waals surface area contributed by atoms with Crippen LogP contribution in [0.4, 0.5) is 10.1 Å². The second-order valence-electron chi connectivity index (χ2n) is 8.25. The number of halogens is 1. The number of nitrogens with zero attached hydrogens (tertiary/aromatic N) is 2. The molecule has 3 heterocycles. The van der Waals surface area contributed by atoms with Crippen LogP contribution in [-0.2, 0) is 4.79 Å². The summed E-state index contributed by atoms with van der Waals surface area (Å²) in [4.78, 5) is 33.4. The van der Waals surface area contributed by atoms with Crippen molar-refractivity contribution in [2.24, 2.45) is 0 Å². The zero-order valence-corrected chi connectivity index (χ0v) is 19.4. The van der Waals surface area contributed by atoms with Crippen molar-refractivity contribution in [2.45, 2.75) is 17.4 Å². The Kier molecular flexibility index (Phi) is 6.48. The number of thioether (sulfide) groups is 1. The maximum Gasteiger partial charge on any atom is 0.247 e. The average Bonchev–Trinajstić information content (AvgIpc) is 2.89. The number of rotatable bonds is 7. The number of β-lactam (4-membered cyclic amide) rings is 1. The van der Waals surface area contributed by atoms with Gasteiger partial charge in [-0.15, -0.1) is 11.8 Å². The van der Waals surface area contributed by atoms with Crippen LogP contribution in [0.3, 0.4) is 0 Å². The summed E-state index contributed by atoms with van der Waals surface area (Å²) in [5.74, 6) is -0.173. The predicted molar refractivity (Wildman–Crippen MR) is 135 cm³/mol. The molecule has 0 saturated carbocycles. The number of hydrogen-bond donors (Lipinski definition) is 2. The first-order valence-corrected chi connectivity index (χ1v) is 12.1. The quantitative estimate of drug-likeness (QED) is 0.375. The fourth-order valence-electron chi connectivity index (χ4n) is 4.17. The second kappa shape index (κ2) is 9.85. The van der Waals surface area contributed by atoms with Gasteiger partial charge in [0.2, 0.25) is 11.5 Å². The Labute approximate surface area is 205 Å². The third kappa shape index (κ3) is 4.76. The van der Waals surface area contributed by atoms with Crippen molar-refractivity contribution in [2.75, 3.05) is 10.7 Å². The fraction of sp³-hybridized carbons (Fsp3) is 0.148. The number of benzene rings is 2. The van der Waals surface area contributed by atoms with E-state index in [0.717, 1.165) is 22.4 Å². The molecule has 2 aromatic heterocycles. The highest BCUT2D eigenvalue weighted by Gasteiger charge is 2.49. The lowest BCUT2D eigenvalue weighted by molar-refractivity contribution is -0.123. The van der Waals surface area contributed by atoms with Crippen LogP contribution in [0, 0.1) is 5.82 Å². The van der Waals surface area contributed by atoms with Crippen LogP contribution in [0.5, 0.6) is 0 Å². The Hall–Kier alpha value is -3.75. The third-order valence-electron chi connectivity index (χ3n) is 6.02. The van der Waals surface area contributed by atoms with Crippen molar-refractivity contribution in [3.8, 4) is 11.1 Å². The number of carbonyl (C=O) groups is 1. The van der Waals surface area contributed by atoms with Crippen LogP contribution < -0.4 is 10.5 Å². The van der Waals surface area contributed by atoms with E-state index >= 15 is 0 Å². The van der Waals surface area contributed by atoms with Gasteiger partial charge in [-0.3, -0.25) is 14.6 Å². The summed E-state index contributed by atoms with van der Waals surface area (Å²) < 4.78 is 13.2. The number of aromatic nitrogens is 2. The van der Waals surface area contributed by atoms with E-state index in [0.29, 0.717) is 5.56 Å². The lowest BCUT2D eigenvalue weighted by atomic mass is 9.93. The molecule has 2 unspecified atom stereocenters. The molecule has 1 fully saturated rings. The zero-order valence-electron chi connectivity index (χ0n) is 18.5. The number of H-pyrrole nitrogens is 1. The highest BCUT2D eigenvalue weighted by atomic mass is 32.2. The van der Waals surface area contributed by atoms with Crippen LogP contribution >= 0.6 is 11.8 Å². The Morgan fingerprint density at radius 2 is 1.77 bits per heavy atom. The van der Waals surface area contributed by atoms with Crippen LogP contribution in [0.1, 0.15) is 23.3 Å². The molecule has 0 radical (unpaired) electrons. The van der Waals surface area contributed by atoms with Gasteiger partial charge in [0.25, 0.3) is 0 Å². The second-order valence-corrected chi connectivity index (χ2v) is 9.42. The number of anilines is 1. The summed E-state index contributed by atoms with van der Waals surface area (Å²) in [6, 6.07) is 20.1. The minimum absolute atomic E-state index is 0.0772. The monoisotopic (exact) mass is 487 g/mol. The number of nitrogens with one attached hydrogen (secondary N) is 1. The number of aromatic amines is 1. The van der Waals surface area contributed by atoms with Gasteiger partial charge in [-0.05, 0) is 58.7 Å². The number of hydrogen-bond acceptors (Lipinski definition) is 5. The molecule has 2 N–H and O–H groups in total. The summed E-state index contributed by atoms with van der Waals surface area (Å²) in [6.45, 7) is 0. The van der Waals surface area contributed by atoms with E-state index in [2.05, 4.69) is 9.97 Å². The predicted octanol–water partition coefficient (Wildman–Crippen LogP) is 4.50. The number of aliphatic hydroxyl groups is 1. The summed E-state index contributed by atoms with van der Waals surface area (Å²) in [6.07, 6.45) is 4.29. The van der Waals surface area contributed by atoms with Crippen LogP contribution in [0.2, 0.25) is 0 Å². The van der Waals surface area contributed by atoms with E-state index in [1.807, 2.05) is 36.4 Å². The normalized spacial score (nSPS) is 18.2. The molecular weight excluding hydrogens is 465 g/mol. The molecule has 6 nitrogen and oxygen atoms in total. The van der Waals surface area contributed by atoms with Gasteiger partial charge in [0.05, 0.1) is 12.1 Å². The minimum Gasteiger partial charge on any atom is -0.388 e. The van der Waals surface area contributed by atoms with Crippen molar-refractivity contribution in [1.82, 2.24) is 9.97 Å². The van der Waals surface area contributed by atoms with Gasteiger partial charge in [0, 0.05) is 36.1 Å². The largest absolute Gasteiger partial charge is 0.388 e. The maximum absolute atomic E-state index is 13.3. The molecule has 3 atom stereocenters. The van der Waals surface area contributed by atoms with E-state index in [-0.39, 0.29) is 29.1 Å². The van der Waals surface area contributed by atoms with E-state index in [9.17, 15) is 19.1 Å². The number of amides is 1. The molecule has 4 aromatic rings. The highest BCUT2D eigenvalue weighted by Crippen LogP contribution is 2.46. The molecule has 8 heteroatoms. The number of pyridine rings is 2. The van der Waals surface area contributed by atoms with Crippen molar-refractivity contribution in [1.29, 1.82) is 0 Å². The molecule has 2 aromatic carbocycles. The van der Waals surface area contributed by atoms with Gasteiger partial charge in [-0.1, -0.05) is 30.3 Å². The first kappa shape index (κ1) is 23.0. The topological polar surface area (TPSA) is 86.3 Å². The van der Waals surface area contributed by atoms with E-state index in [1.54, 1.807) is 41.7 Å². The first-order chi connectivity index (χ1) is 17.0. The lowest BCUT2D eigenvalue weighted by Gasteiger charge is -2.47. The van der Waals surface area contributed by atoms with Crippen molar-refractivity contribution < 1.29 is 14.3 Å². The number of aliphatic hydroxyl groups excluding tert-OH is 1. The molecule has 1 aliphatic rings. The average molecular weight is 488 g/mol. The van der Waals surface area contributed by atoms with Gasteiger partial charge in [0.1, 0.15) is 11.1 Å². The van der Waals surface area contributed by atoms with E-state index in [4.69, 9.17) is 0 Å². The number of carbonyl (C=O) groups excluding carboxylic acids is 1. The summed E-state index contributed by atoms with van der Waals surface area (Å²) in [7, 11) is 0. The molecule has 176 valence electrons. The van der Waals surface area contributed by atoms with Crippen molar-refractivity contribution in [3.63, 3.8) is 0 Å². The SMILES string of the molecule is O=C1C(SC[C@H](O)c2ccc(F)cc2)C(c2ccc(=O)[nH]c2)N1c1ccc(-c2cccnc2)cc1. The smallest absolute Gasteiger partial charge is 0.247 e. The molecule has 1 saturated heterocycles. The third-order valence-corrected chi connectivity index (χ3v) is 7.35. The summed E-state index contributed by atoms with van der Waals surface area (Å²) >= 11 is 1.35. The minimum atomic E-state index is -0.836. The molecule has 0 bridgehead atoms. The Morgan fingerprint density at radius 3 is 2.43 bits per heavy atom. The highest BCUT2D eigenvalue weighted by molar-refractivity contribution is 8.00. The van der Waals surface area contributed by atoms with E-state index in [1.165, 1.54) is 30.0 Å². The van der Waals surface area contributed by atoms with Gasteiger partial charge < -0.3 is 15.0 Å². The maximum atomic E-state index is 13.3. The standard InChI is InChI=1S/C27H22FN3O3S/c28-21-8-3-18(4-9-21)23(32)16-35-26-25(20-7-12-24(33)30-15-20)31(27(26)34)22-10-5-17(6-11-22)19-2-1-13-29-14-19/h1-15,23,25-26,32H,16H2,(H,30,33)/t23-,25?,26?/m0/s1. The Balaban J connectivity index is 1.38. The molecule has 1 aliphatic heterocycles. The molecular formula is C27H22FN3O3S. The van der Waals surface area contributed by atoms with Crippen LogP contribution in [0.25, 0.3) is 11.1 Å². The molecule has 0 aliphatic carbocycles. The van der Waals surface area contributed by atoms with E-state index < -0.39 is 11.4 Å². The molecule has 35 heavy (non-hydrogen) atoms.